The Morgan fingerprint density at radius 2 is 1.91 bits per heavy atom. The summed E-state index contributed by atoms with van der Waals surface area (Å²) in [5, 5.41) is 9.79. The van der Waals surface area contributed by atoms with Crippen molar-refractivity contribution in [2.45, 2.75) is 64.7 Å². The SMILES string of the molecule is COC(=O)[C@@H]1C[C@@H](O)CN1C(=O)OC1C[C@H](C)CCC1C(C)C. The fraction of sp³-hybridized carbons (Fsp3) is 0.882. The van der Waals surface area contributed by atoms with Gasteiger partial charge in [0.25, 0.3) is 0 Å². The van der Waals surface area contributed by atoms with Gasteiger partial charge in [-0.3, -0.25) is 4.90 Å². The van der Waals surface area contributed by atoms with Crippen LogP contribution in [0.4, 0.5) is 4.79 Å². The van der Waals surface area contributed by atoms with Crippen LogP contribution in [0.2, 0.25) is 0 Å². The second kappa shape index (κ2) is 7.51. The molecule has 1 saturated heterocycles. The van der Waals surface area contributed by atoms with Gasteiger partial charge in [0.05, 0.1) is 19.8 Å². The fourth-order valence-electron chi connectivity index (χ4n) is 3.82. The van der Waals surface area contributed by atoms with E-state index < -0.39 is 24.2 Å². The number of ether oxygens (including phenoxy) is 2. The summed E-state index contributed by atoms with van der Waals surface area (Å²) in [6.07, 6.45) is 1.93. The van der Waals surface area contributed by atoms with Crippen LogP contribution in [0.1, 0.15) is 46.5 Å². The quantitative estimate of drug-likeness (QED) is 0.804. The van der Waals surface area contributed by atoms with Crippen LogP contribution in [0.25, 0.3) is 0 Å². The number of hydrogen-bond donors (Lipinski definition) is 1. The van der Waals surface area contributed by atoms with E-state index in [4.69, 9.17) is 9.47 Å². The molecule has 0 aromatic rings. The van der Waals surface area contributed by atoms with Crippen LogP contribution in [0.3, 0.4) is 0 Å². The minimum Gasteiger partial charge on any atom is -0.467 e. The van der Waals surface area contributed by atoms with Gasteiger partial charge in [0.15, 0.2) is 0 Å². The molecular formula is C17H29NO5. The topological polar surface area (TPSA) is 76.1 Å². The second-order valence-electron chi connectivity index (χ2n) is 7.33. The molecule has 5 atom stereocenters. The number of carbonyl (C=O) groups excluding carboxylic acids is 2. The Kier molecular flexibility index (Phi) is 5.89. The van der Waals surface area contributed by atoms with Crippen molar-refractivity contribution in [2.24, 2.45) is 17.8 Å². The van der Waals surface area contributed by atoms with Crippen LogP contribution in [0, 0.1) is 17.8 Å². The van der Waals surface area contributed by atoms with Gasteiger partial charge in [0, 0.05) is 6.42 Å². The van der Waals surface area contributed by atoms with E-state index in [2.05, 4.69) is 20.8 Å². The Labute approximate surface area is 138 Å². The third-order valence-electron chi connectivity index (χ3n) is 5.20. The van der Waals surface area contributed by atoms with Crippen molar-refractivity contribution in [1.29, 1.82) is 0 Å². The van der Waals surface area contributed by atoms with Gasteiger partial charge in [-0.1, -0.05) is 27.2 Å². The summed E-state index contributed by atoms with van der Waals surface area (Å²) < 4.78 is 10.5. The first-order valence-corrected chi connectivity index (χ1v) is 8.56. The molecule has 23 heavy (non-hydrogen) atoms. The van der Waals surface area contributed by atoms with E-state index in [0.29, 0.717) is 17.8 Å². The molecule has 6 nitrogen and oxygen atoms in total. The third-order valence-corrected chi connectivity index (χ3v) is 5.20. The van der Waals surface area contributed by atoms with Gasteiger partial charge in [0.2, 0.25) is 0 Å². The Morgan fingerprint density at radius 1 is 1.22 bits per heavy atom. The molecule has 0 spiro atoms. The van der Waals surface area contributed by atoms with E-state index in [1.165, 1.54) is 12.0 Å². The van der Waals surface area contributed by atoms with E-state index >= 15 is 0 Å². The molecule has 1 saturated carbocycles. The predicted octanol–water partition coefficient (Wildman–Crippen LogP) is 2.19. The number of esters is 1. The van der Waals surface area contributed by atoms with Gasteiger partial charge in [-0.15, -0.1) is 0 Å². The number of nitrogens with zero attached hydrogens (tertiary/aromatic N) is 1. The lowest BCUT2D eigenvalue weighted by Gasteiger charge is -2.37. The monoisotopic (exact) mass is 327 g/mol. The van der Waals surface area contributed by atoms with Crippen molar-refractivity contribution in [1.82, 2.24) is 4.90 Å². The number of likely N-dealkylation sites (tertiary alicyclic amines) is 1. The van der Waals surface area contributed by atoms with Crippen LogP contribution >= 0.6 is 0 Å². The molecule has 1 N–H and O–H groups in total. The number of rotatable bonds is 3. The van der Waals surface area contributed by atoms with Crippen LogP contribution in [-0.2, 0) is 14.3 Å². The van der Waals surface area contributed by atoms with Crippen LogP contribution in [0.15, 0.2) is 0 Å². The Hall–Kier alpha value is -1.30. The summed E-state index contributed by atoms with van der Waals surface area (Å²) in [5.74, 6) is 0.819. The number of methoxy groups -OCH3 is 1. The molecule has 2 aliphatic rings. The van der Waals surface area contributed by atoms with Crippen molar-refractivity contribution >= 4 is 12.1 Å². The first-order chi connectivity index (χ1) is 10.8. The van der Waals surface area contributed by atoms with Crippen LogP contribution < -0.4 is 0 Å². The number of aliphatic hydroxyl groups is 1. The second-order valence-corrected chi connectivity index (χ2v) is 7.33. The van der Waals surface area contributed by atoms with Gasteiger partial charge in [-0.25, -0.2) is 9.59 Å². The van der Waals surface area contributed by atoms with E-state index in [1.54, 1.807) is 0 Å². The smallest absolute Gasteiger partial charge is 0.410 e. The number of amides is 1. The maximum atomic E-state index is 12.5. The average Bonchev–Trinajstić information content (AvgIpc) is 2.88. The van der Waals surface area contributed by atoms with E-state index in [0.717, 1.165) is 19.3 Å². The molecular weight excluding hydrogens is 298 g/mol. The molecule has 1 aliphatic heterocycles. The molecule has 2 fully saturated rings. The maximum Gasteiger partial charge on any atom is 0.410 e. The number of hydrogen-bond acceptors (Lipinski definition) is 5. The van der Waals surface area contributed by atoms with Crippen molar-refractivity contribution < 1.29 is 24.2 Å². The summed E-state index contributed by atoms with van der Waals surface area (Å²) in [6.45, 7) is 6.60. The number of aliphatic hydroxyl groups excluding tert-OH is 1. The highest BCUT2D eigenvalue weighted by Crippen LogP contribution is 2.36. The van der Waals surface area contributed by atoms with Crippen molar-refractivity contribution in [3.8, 4) is 0 Å². The molecule has 2 rings (SSSR count). The lowest BCUT2D eigenvalue weighted by molar-refractivity contribution is -0.145. The fourth-order valence-corrected chi connectivity index (χ4v) is 3.82. The summed E-state index contributed by atoms with van der Waals surface area (Å²) in [7, 11) is 1.29. The van der Waals surface area contributed by atoms with Gasteiger partial charge >= 0.3 is 12.1 Å². The normalized spacial score (nSPS) is 34.5. The summed E-state index contributed by atoms with van der Waals surface area (Å²) in [4.78, 5) is 25.7. The van der Waals surface area contributed by atoms with Crippen molar-refractivity contribution in [2.75, 3.05) is 13.7 Å². The van der Waals surface area contributed by atoms with Gasteiger partial charge < -0.3 is 14.6 Å². The summed E-state index contributed by atoms with van der Waals surface area (Å²) in [6, 6.07) is -0.749. The van der Waals surface area contributed by atoms with Gasteiger partial charge in [-0.05, 0) is 30.6 Å². The van der Waals surface area contributed by atoms with Crippen molar-refractivity contribution in [3.05, 3.63) is 0 Å². The highest BCUT2D eigenvalue weighted by molar-refractivity contribution is 5.82. The van der Waals surface area contributed by atoms with Crippen molar-refractivity contribution in [3.63, 3.8) is 0 Å². The predicted molar refractivity (Wildman–Crippen MR) is 84.7 cm³/mol. The molecule has 0 bridgehead atoms. The zero-order valence-corrected chi connectivity index (χ0v) is 14.5. The summed E-state index contributed by atoms with van der Waals surface area (Å²) in [5.41, 5.74) is 0. The molecule has 1 aliphatic carbocycles. The molecule has 2 unspecified atom stereocenters. The lowest BCUT2D eigenvalue weighted by atomic mass is 9.75. The molecule has 0 radical (unpaired) electrons. The number of β-amino-alcohol motifs (C(OH)–C–C–N with tert-alkyl or cyclic N) is 1. The molecule has 132 valence electrons. The number of carbonyl (C=O) groups is 2. The van der Waals surface area contributed by atoms with E-state index in [1.807, 2.05) is 0 Å². The molecule has 6 heteroatoms. The lowest BCUT2D eigenvalue weighted by Crippen LogP contribution is -2.45. The Balaban J connectivity index is 2.05. The van der Waals surface area contributed by atoms with Crippen LogP contribution in [0.5, 0.6) is 0 Å². The Bertz CT molecular complexity index is 439. The summed E-state index contributed by atoms with van der Waals surface area (Å²) >= 11 is 0. The molecule has 0 aromatic carbocycles. The highest BCUT2D eigenvalue weighted by Gasteiger charge is 2.42. The van der Waals surface area contributed by atoms with Gasteiger partial charge in [0.1, 0.15) is 12.1 Å². The largest absolute Gasteiger partial charge is 0.467 e. The minimum absolute atomic E-state index is 0.118. The highest BCUT2D eigenvalue weighted by atomic mass is 16.6. The standard InChI is InChI=1S/C17H29NO5/c1-10(2)13-6-5-11(3)7-15(13)23-17(21)18-9-12(19)8-14(18)16(20)22-4/h10-15,19H,5-9H2,1-4H3/t11-,12-,13?,14+,15?/m1/s1. The first kappa shape index (κ1) is 18.0. The zero-order chi connectivity index (χ0) is 17.1. The molecule has 1 amide bonds. The van der Waals surface area contributed by atoms with E-state index in [-0.39, 0.29) is 19.1 Å². The van der Waals surface area contributed by atoms with E-state index in [9.17, 15) is 14.7 Å². The van der Waals surface area contributed by atoms with Crippen LogP contribution in [-0.4, -0.2) is 54.0 Å². The average molecular weight is 327 g/mol. The molecule has 1 heterocycles. The Morgan fingerprint density at radius 3 is 2.52 bits per heavy atom. The third kappa shape index (κ3) is 4.16. The first-order valence-electron chi connectivity index (χ1n) is 8.56. The zero-order valence-electron chi connectivity index (χ0n) is 14.5. The maximum absolute atomic E-state index is 12.5. The van der Waals surface area contributed by atoms with Gasteiger partial charge in [-0.2, -0.15) is 0 Å². The molecule has 0 aromatic heterocycles. The minimum atomic E-state index is -0.749.